The molecular formula is C17H19FN6. The predicted octanol–water partition coefficient (Wildman–Crippen LogP) is 2.55. The number of nitrogens with zero attached hydrogens (tertiary/aromatic N) is 5. The molecule has 0 spiro atoms. The van der Waals surface area contributed by atoms with Crippen LogP contribution < -0.4 is 5.32 Å². The highest BCUT2D eigenvalue weighted by atomic mass is 19.1. The van der Waals surface area contributed by atoms with Crippen molar-refractivity contribution in [3.05, 3.63) is 48.1 Å². The number of hydrogen-bond donors (Lipinski definition) is 1. The molecule has 0 amide bonds. The molecule has 6 nitrogen and oxygen atoms in total. The van der Waals surface area contributed by atoms with Gasteiger partial charge in [0.2, 0.25) is 0 Å². The van der Waals surface area contributed by atoms with Crippen LogP contribution >= 0.6 is 0 Å². The number of allylic oxidation sites excluding steroid dienone is 4. The van der Waals surface area contributed by atoms with E-state index in [2.05, 4.69) is 20.4 Å². The van der Waals surface area contributed by atoms with E-state index in [4.69, 9.17) is 4.98 Å². The van der Waals surface area contributed by atoms with Gasteiger partial charge in [-0.1, -0.05) is 6.08 Å². The summed E-state index contributed by atoms with van der Waals surface area (Å²) >= 11 is 0. The Kier molecular flexibility index (Phi) is 4.17. The molecule has 3 heterocycles. The van der Waals surface area contributed by atoms with Gasteiger partial charge in [0, 0.05) is 24.7 Å². The van der Waals surface area contributed by atoms with Gasteiger partial charge in [0.15, 0.2) is 5.82 Å². The summed E-state index contributed by atoms with van der Waals surface area (Å²) in [5, 5.41) is 8.01. The van der Waals surface area contributed by atoms with E-state index in [1.807, 2.05) is 0 Å². The lowest BCUT2D eigenvalue weighted by Crippen LogP contribution is -2.28. The lowest BCUT2D eigenvalue weighted by Gasteiger charge is -2.21. The number of nitrogens with one attached hydrogen (secondary N) is 1. The van der Waals surface area contributed by atoms with Crippen molar-refractivity contribution in [1.29, 1.82) is 0 Å². The van der Waals surface area contributed by atoms with Gasteiger partial charge in [-0.15, -0.1) is 5.10 Å². The van der Waals surface area contributed by atoms with Crippen molar-refractivity contribution in [3.63, 3.8) is 0 Å². The third-order valence-electron chi connectivity index (χ3n) is 4.46. The van der Waals surface area contributed by atoms with Gasteiger partial charge in [-0.2, -0.15) is 4.68 Å². The maximum absolute atomic E-state index is 13.3. The summed E-state index contributed by atoms with van der Waals surface area (Å²) in [4.78, 5) is 13.4. The van der Waals surface area contributed by atoms with Gasteiger partial charge in [0.25, 0.3) is 5.95 Å². The van der Waals surface area contributed by atoms with Crippen LogP contribution in [0.3, 0.4) is 0 Å². The molecule has 0 saturated carbocycles. The van der Waals surface area contributed by atoms with Crippen molar-refractivity contribution >= 4 is 5.57 Å². The van der Waals surface area contributed by atoms with Crippen LogP contribution in [0.5, 0.6) is 0 Å². The Labute approximate surface area is 139 Å². The Morgan fingerprint density at radius 1 is 1.08 bits per heavy atom. The van der Waals surface area contributed by atoms with E-state index in [-0.39, 0.29) is 5.83 Å². The molecule has 0 aromatic carbocycles. The van der Waals surface area contributed by atoms with Crippen LogP contribution in [0.25, 0.3) is 11.5 Å². The Morgan fingerprint density at radius 3 is 2.58 bits per heavy atom. The molecule has 0 bridgehead atoms. The maximum Gasteiger partial charge on any atom is 0.252 e. The Hall–Kier alpha value is -2.41. The van der Waals surface area contributed by atoms with Crippen molar-refractivity contribution in [1.82, 2.24) is 30.0 Å². The van der Waals surface area contributed by atoms with Crippen molar-refractivity contribution in [2.75, 3.05) is 13.1 Å². The highest BCUT2D eigenvalue weighted by molar-refractivity contribution is 5.63. The summed E-state index contributed by atoms with van der Waals surface area (Å²) in [5.74, 6) is 2.31. The number of aromatic nitrogens is 5. The average molecular weight is 326 g/mol. The molecule has 1 aliphatic heterocycles. The Bertz CT molecular complexity index is 774. The zero-order valence-corrected chi connectivity index (χ0v) is 13.3. The second kappa shape index (κ2) is 6.60. The van der Waals surface area contributed by atoms with E-state index in [1.165, 1.54) is 6.08 Å². The second-order valence-electron chi connectivity index (χ2n) is 6.08. The molecule has 1 aliphatic carbocycles. The lowest BCUT2D eigenvalue weighted by atomic mass is 9.97. The van der Waals surface area contributed by atoms with Gasteiger partial charge >= 0.3 is 0 Å². The molecule has 2 aliphatic rings. The van der Waals surface area contributed by atoms with E-state index >= 15 is 0 Å². The van der Waals surface area contributed by atoms with Crippen LogP contribution in [-0.4, -0.2) is 37.8 Å². The third kappa shape index (κ3) is 2.99. The smallest absolute Gasteiger partial charge is 0.252 e. The molecule has 2 aromatic heterocycles. The fourth-order valence-electron chi connectivity index (χ4n) is 3.15. The summed E-state index contributed by atoms with van der Waals surface area (Å²) < 4.78 is 15.0. The van der Waals surface area contributed by atoms with E-state index in [1.54, 1.807) is 29.2 Å². The van der Waals surface area contributed by atoms with Gasteiger partial charge in [0.1, 0.15) is 11.7 Å². The van der Waals surface area contributed by atoms with Gasteiger partial charge < -0.3 is 5.32 Å². The molecule has 1 N–H and O–H groups in total. The fraction of sp³-hybridized carbons (Fsp3) is 0.412. The van der Waals surface area contributed by atoms with Crippen molar-refractivity contribution in [2.45, 2.75) is 31.6 Å². The second-order valence-corrected chi connectivity index (χ2v) is 6.08. The molecule has 1 fully saturated rings. The molecule has 0 radical (unpaired) electrons. The monoisotopic (exact) mass is 326 g/mol. The van der Waals surface area contributed by atoms with Crippen LogP contribution in [0.4, 0.5) is 4.39 Å². The van der Waals surface area contributed by atoms with E-state index < -0.39 is 0 Å². The first-order chi connectivity index (χ1) is 11.8. The minimum atomic E-state index is -0.0943. The first-order valence-corrected chi connectivity index (χ1v) is 8.32. The summed E-state index contributed by atoms with van der Waals surface area (Å²) in [7, 11) is 0. The molecule has 0 atom stereocenters. The van der Waals surface area contributed by atoms with Gasteiger partial charge in [-0.05, 0) is 50.1 Å². The lowest BCUT2D eigenvalue weighted by molar-refractivity contribution is 0.437. The number of halogens is 1. The van der Waals surface area contributed by atoms with Crippen molar-refractivity contribution in [3.8, 4) is 5.95 Å². The van der Waals surface area contributed by atoms with Crippen molar-refractivity contribution in [2.24, 2.45) is 0 Å². The normalized spacial score (nSPS) is 19.0. The molecule has 7 heteroatoms. The summed E-state index contributed by atoms with van der Waals surface area (Å²) in [6, 6.07) is 1.78. The number of rotatable bonds is 3. The minimum Gasteiger partial charge on any atom is -0.317 e. The predicted molar refractivity (Wildman–Crippen MR) is 88.2 cm³/mol. The highest BCUT2D eigenvalue weighted by Gasteiger charge is 2.25. The SMILES string of the molecule is FC1=CC=C(c2nc(C3CCNCC3)n(-c3ncccn3)n2)CC1. The first-order valence-electron chi connectivity index (χ1n) is 8.32. The molecule has 1 saturated heterocycles. The van der Waals surface area contributed by atoms with E-state index in [9.17, 15) is 4.39 Å². The molecular weight excluding hydrogens is 307 g/mol. The average Bonchev–Trinajstić information content (AvgIpc) is 3.09. The highest BCUT2D eigenvalue weighted by Crippen LogP contribution is 2.29. The largest absolute Gasteiger partial charge is 0.317 e. The van der Waals surface area contributed by atoms with Gasteiger partial charge in [-0.25, -0.2) is 19.3 Å². The molecule has 0 unspecified atom stereocenters. The molecule has 2 aromatic rings. The standard InChI is InChI=1S/C17H19FN6/c18-14-4-2-12(3-5-14)15-22-16(13-6-10-19-11-7-13)24(23-15)17-20-8-1-9-21-17/h1-2,4,8-9,13,19H,3,5-7,10-11H2. The van der Waals surface area contributed by atoms with E-state index in [0.717, 1.165) is 37.3 Å². The maximum atomic E-state index is 13.3. The van der Waals surface area contributed by atoms with Gasteiger partial charge in [0.05, 0.1) is 0 Å². The quantitative estimate of drug-likeness (QED) is 0.939. The number of piperidine rings is 1. The fourth-order valence-corrected chi connectivity index (χ4v) is 3.15. The third-order valence-corrected chi connectivity index (χ3v) is 4.46. The van der Waals surface area contributed by atoms with Crippen LogP contribution in [0.1, 0.15) is 43.3 Å². The Balaban J connectivity index is 1.76. The van der Waals surface area contributed by atoms with Crippen molar-refractivity contribution < 1.29 is 4.39 Å². The summed E-state index contributed by atoms with van der Waals surface area (Å²) in [5.41, 5.74) is 0.960. The van der Waals surface area contributed by atoms with Crippen LogP contribution in [0.15, 0.2) is 36.4 Å². The number of hydrogen-bond acceptors (Lipinski definition) is 5. The summed E-state index contributed by atoms with van der Waals surface area (Å²) in [6.07, 6.45) is 9.73. The van der Waals surface area contributed by atoms with Crippen LogP contribution in [0, 0.1) is 0 Å². The minimum absolute atomic E-state index is 0.0943. The summed E-state index contributed by atoms with van der Waals surface area (Å²) in [6.45, 7) is 1.94. The molecule has 24 heavy (non-hydrogen) atoms. The molecule has 4 rings (SSSR count). The topological polar surface area (TPSA) is 68.5 Å². The zero-order chi connectivity index (χ0) is 16.4. The van der Waals surface area contributed by atoms with Crippen LogP contribution in [0.2, 0.25) is 0 Å². The van der Waals surface area contributed by atoms with E-state index in [0.29, 0.717) is 30.5 Å². The van der Waals surface area contributed by atoms with Crippen LogP contribution in [-0.2, 0) is 0 Å². The first kappa shape index (κ1) is 15.1. The van der Waals surface area contributed by atoms with Gasteiger partial charge in [-0.3, -0.25) is 0 Å². The Morgan fingerprint density at radius 2 is 1.88 bits per heavy atom. The zero-order valence-electron chi connectivity index (χ0n) is 13.3. The molecule has 124 valence electrons.